The van der Waals surface area contributed by atoms with Crippen LogP contribution in [0.5, 0.6) is 0 Å². The van der Waals surface area contributed by atoms with Gasteiger partial charge in [0.05, 0.1) is 12.7 Å². The van der Waals surface area contributed by atoms with E-state index in [1.165, 1.54) is 33.1 Å². The van der Waals surface area contributed by atoms with Gasteiger partial charge in [-0.3, -0.25) is 9.59 Å². The lowest BCUT2D eigenvalue weighted by molar-refractivity contribution is -0.138. The number of nitrogens with one attached hydrogen (secondary N) is 2. The van der Waals surface area contributed by atoms with Crippen LogP contribution in [-0.4, -0.2) is 31.4 Å². The Morgan fingerprint density at radius 2 is 1.95 bits per heavy atom. The highest BCUT2D eigenvalue weighted by Crippen LogP contribution is 2.20. The van der Waals surface area contributed by atoms with Crippen molar-refractivity contribution in [3.05, 3.63) is 42.5 Å². The maximum Gasteiger partial charge on any atom is 0.337 e. The van der Waals surface area contributed by atoms with Crippen molar-refractivity contribution in [2.75, 3.05) is 19.0 Å². The molecule has 0 bridgehead atoms. The maximum atomic E-state index is 12.3. The van der Waals surface area contributed by atoms with Crippen LogP contribution in [-0.2, 0) is 14.3 Å². The lowest BCUT2D eigenvalue weighted by atomic mass is 9.91. The van der Waals surface area contributed by atoms with E-state index in [0.717, 1.165) is 0 Å². The van der Waals surface area contributed by atoms with Gasteiger partial charge >= 0.3 is 5.97 Å². The zero-order valence-electron chi connectivity index (χ0n) is 12.9. The fraction of sp³-hybridized carbons (Fsp3) is 0.312. The molecular weight excluding hydrogens is 284 g/mol. The van der Waals surface area contributed by atoms with Gasteiger partial charge in [-0.15, -0.1) is 6.58 Å². The van der Waals surface area contributed by atoms with E-state index >= 15 is 0 Å². The first-order valence-electron chi connectivity index (χ1n) is 6.72. The van der Waals surface area contributed by atoms with E-state index in [9.17, 15) is 14.4 Å². The summed E-state index contributed by atoms with van der Waals surface area (Å²) in [5.41, 5.74) is -0.531. The summed E-state index contributed by atoms with van der Waals surface area (Å²) in [5, 5.41) is 5.21. The molecule has 6 nitrogen and oxygen atoms in total. The minimum atomic E-state index is -1.26. The average molecular weight is 304 g/mol. The number of methoxy groups -OCH3 is 1. The van der Waals surface area contributed by atoms with E-state index in [1.807, 2.05) is 0 Å². The summed E-state index contributed by atoms with van der Waals surface area (Å²) >= 11 is 0. The van der Waals surface area contributed by atoms with Crippen LogP contribution in [0, 0.1) is 5.41 Å². The van der Waals surface area contributed by atoms with Gasteiger partial charge in [-0.25, -0.2) is 4.79 Å². The second-order valence-corrected chi connectivity index (χ2v) is 5.15. The number of anilines is 1. The topological polar surface area (TPSA) is 84.5 Å². The van der Waals surface area contributed by atoms with Gasteiger partial charge in [0.2, 0.25) is 11.8 Å². The highest BCUT2D eigenvalue weighted by Gasteiger charge is 2.35. The SMILES string of the molecule is C=CCNC(=O)C(C)(C)C(=O)Nc1cccc(C(=O)OC)c1. The monoisotopic (exact) mass is 304 g/mol. The molecule has 0 aliphatic heterocycles. The minimum Gasteiger partial charge on any atom is -0.465 e. The number of carbonyl (C=O) groups is 3. The molecule has 1 aromatic rings. The van der Waals surface area contributed by atoms with Gasteiger partial charge in [0.15, 0.2) is 0 Å². The van der Waals surface area contributed by atoms with Crippen LogP contribution in [0.1, 0.15) is 24.2 Å². The van der Waals surface area contributed by atoms with Crippen molar-refractivity contribution in [1.29, 1.82) is 0 Å². The normalized spacial score (nSPS) is 10.5. The van der Waals surface area contributed by atoms with Gasteiger partial charge in [-0.1, -0.05) is 12.1 Å². The molecule has 6 heteroatoms. The molecule has 0 atom stereocenters. The number of hydrogen-bond donors (Lipinski definition) is 2. The first-order valence-corrected chi connectivity index (χ1v) is 6.72. The fourth-order valence-electron chi connectivity index (χ4n) is 1.62. The Kier molecular flexibility index (Phi) is 5.86. The van der Waals surface area contributed by atoms with Crippen molar-refractivity contribution in [2.24, 2.45) is 5.41 Å². The molecule has 2 N–H and O–H groups in total. The van der Waals surface area contributed by atoms with E-state index in [2.05, 4.69) is 21.9 Å². The van der Waals surface area contributed by atoms with Gasteiger partial charge in [0.25, 0.3) is 0 Å². The zero-order valence-corrected chi connectivity index (χ0v) is 12.9. The van der Waals surface area contributed by atoms with Crippen LogP contribution in [0.4, 0.5) is 5.69 Å². The van der Waals surface area contributed by atoms with E-state index in [0.29, 0.717) is 11.3 Å². The highest BCUT2D eigenvalue weighted by atomic mass is 16.5. The van der Waals surface area contributed by atoms with Crippen molar-refractivity contribution in [3.63, 3.8) is 0 Å². The Morgan fingerprint density at radius 1 is 1.27 bits per heavy atom. The molecule has 0 aliphatic rings. The zero-order chi connectivity index (χ0) is 16.8. The van der Waals surface area contributed by atoms with Crippen LogP contribution >= 0.6 is 0 Å². The predicted molar refractivity (Wildman–Crippen MR) is 83.4 cm³/mol. The first-order chi connectivity index (χ1) is 10.3. The number of rotatable bonds is 6. The molecule has 0 aliphatic carbocycles. The maximum absolute atomic E-state index is 12.3. The highest BCUT2D eigenvalue weighted by molar-refractivity contribution is 6.10. The second kappa shape index (κ2) is 7.40. The van der Waals surface area contributed by atoms with Crippen LogP contribution in [0.15, 0.2) is 36.9 Å². The van der Waals surface area contributed by atoms with Crippen LogP contribution in [0.3, 0.4) is 0 Å². The molecule has 118 valence electrons. The molecule has 2 amide bonds. The van der Waals surface area contributed by atoms with E-state index in [1.54, 1.807) is 18.2 Å². The van der Waals surface area contributed by atoms with Crippen LogP contribution in [0.2, 0.25) is 0 Å². The van der Waals surface area contributed by atoms with E-state index in [4.69, 9.17) is 0 Å². The van der Waals surface area contributed by atoms with Crippen molar-refractivity contribution in [2.45, 2.75) is 13.8 Å². The molecule has 1 aromatic carbocycles. The van der Waals surface area contributed by atoms with Crippen molar-refractivity contribution in [1.82, 2.24) is 5.32 Å². The number of esters is 1. The average Bonchev–Trinajstić information content (AvgIpc) is 2.51. The summed E-state index contributed by atoms with van der Waals surface area (Å²) in [7, 11) is 1.28. The summed E-state index contributed by atoms with van der Waals surface area (Å²) in [5.74, 6) is -1.39. The van der Waals surface area contributed by atoms with Crippen molar-refractivity contribution in [3.8, 4) is 0 Å². The molecule has 0 unspecified atom stereocenters. The molecule has 22 heavy (non-hydrogen) atoms. The standard InChI is InChI=1S/C16H20N2O4/c1-5-9-17-14(20)16(2,3)15(21)18-12-8-6-7-11(10-12)13(19)22-4/h5-8,10H,1,9H2,2-4H3,(H,17,20)(H,18,21). The van der Waals surface area contributed by atoms with E-state index in [-0.39, 0.29) is 6.54 Å². The first kappa shape index (κ1) is 17.4. The van der Waals surface area contributed by atoms with Crippen molar-refractivity contribution < 1.29 is 19.1 Å². The van der Waals surface area contributed by atoms with Crippen LogP contribution < -0.4 is 10.6 Å². The second-order valence-electron chi connectivity index (χ2n) is 5.15. The molecule has 1 rings (SSSR count). The molecule has 0 fully saturated rings. The Hall–Kier alpha value is -2.63. The summed E-state index contributed by atoms with van der Waals surface area (Å²) in [4.78, 5) is 35.7. The van der Waals surface area contributed by atoms with Gasteiger partial charge < -0.3 is 15.4 Å². The summed E-state index contributed by atoms with van der Waals surface area (Å²) < 4.78 is 4.62. The Balaban J connectivity index is 2.85. The molecule has 0 radical (unpaired) electrons. The van der Waals surface area contributed by atoms with E-state index < -0.39 is 23.2 Å². The third kappa shape index (κ3) is 4.18. The molecule has 0 saturated heterocycles. The van der Waals surface area contributed by atoms with Gasteiger partial charge in [0, 0.05) is 12.2 Å². The lowest BCUT2D eigenvalue weighted by Crippen LogP contribution is -2.45. The summed E-state index contributed by atoms with van der Waals surface area (Å²) in [6, 6.07) is 6.31. The van der Waals surface area contributed by atoms with Gasteiger partial charge in [0.1, 0.15) is 5.41 Å². The third-order valence-corrected chi connectivity index (χ3v) is 3.08. The van der Waals surface area contributed by atoms with Gasteiger partial charge in [-0.2, -0.15) is 0 Å². The number of ether oxygens (including phenoxy) is 1. The quantitative estimate of drug-likeness (QED) is 0.476. The fourth-order valence-corrected chi connectivity index (χ4v) is 1.62. The number of amides is 2. The minimum absolute atomic E-state index is 0.285. The Labute approximate surface area is 129 Å². The summed E-state index contributed by atoms with van der Waals surface area (Å²) in [6.45, 7) is 6.83. The largest absolute Gasteiger partial charge is 0.465 e. The van der Waals surface area contributed by atoms with Gasteiger partial charge in [-0.05, 0) is 32.0 Å². The molecule has 0 aromatic heterocycles. The smallest absolute Gasteiger partial charge is 0.337 e. The molecule has 0 saturated carbocycles. The number of hydrogen-bond acceptors (Lipinski definition) is 4. The lowest BCUT2D eigenvalue weighted by Gasteiger charge is -2.22. The summed E-state index contributed by atoms with van der Waals surface area (Å²) in [6.07, 6.45) is 1.53. The molecular formula is C16H20N2O4. The third-order valence-electron chi connectivity index (χ3n) is 3.08. The van der Waals surface area contributed by atoms with Crippen molar-refractivity contribution >= 4 is 23.5 Å². The Bertz CT molecular complexity index is 594. The molecule has 0 spiro atoms. The Morgan fingerprint density at radius 3 is 2.55 bits per heavy atom. The predicted octanol–water partition coefficient (Wildman–Crippen LogP) is 1.74. The molecule has 0 heterocycles. The number of benzene rings is 1. The van der Waals surface area contributed by atoms with Crippen LogP contribution in [0.25, 0.3) is 0 Å². The number of carbonyl (C=O) groups excluding carboxylic acids is 3.